The van der Waals surface area contributed by atoms with Crippen LogP contribution in [0.25, 0.3) is 22.1 Å². The minimum atomic E-state index is -0.871. The molecule has 2 heterocycles. The number of benzene rings is 2. The number of fused-ring (bicyclic) bond motifs is 2. The van der Waals surface area contributed by atoms with E-state index in [4.69, 9.17) is 4.74 Å². The molecule has 2 unspecified atom stereocenters. The zero-order chi connectivity index (χ0) is 24.0. The van der Waals surface area contributed by atoms with Crippen LogP contribution < -0.4 is 4.74 Å². The van der Waals surface area contributed by atoms with Crippen molar-refractivity contribution < 1.29 is 4.74 Å². The number of ether oxygens (including phenoxy) is 1. The Balaban J connectivity index is 1.87. The van der Waals surface area contributed by atoms with E-state index in [9.17, 15) is 0 Å². The van der Waals surface area contributed by atoms with E-state index in [1.165, 1.54) is 16.7 Å². The van der Waals surface area contributed by atoms with E-state index >= 15 is 0 Å². The van der Waals surface area contributed by atoms with Crippen LogP contribution in [0.2, 0.25) is 0 Å². The summed E-state index contributed by atoms with van der Waals surface area (Å²) >= 11 is 0. The number of aromatic amines is 2. The van der Waals surface area contributed by atoms with Crippen molar-refractivity contribution in [3.05, 3.63) is 76.4 Å². The van der Waals surface area contributed by atoms with Gasteiger partial charge in [-0.2, -0.15) is 0 Å². The van der Waals surface area contributed by atoms with E-state index in [1.807, 2.05) is 30.3 Å². The first kappa shape index (κ1) is 22.1. The summed E-state index contributed by atoms with van der Waals surface area (Å²) < 4.78 is 7.20. The van der Waals surface area contributed by atoms with Crippen molar-refractivity contribution in [2.75, 3.05) is 0 Å². The molecule has 2 N–H and O–H groups in total. The first-order valence-electron chi connectivity index (χ1n) is 11.7. The van der Waals surface area contributed by atoms with Crippen molar-refractivity contribution in [2.45, 2.75) is 53.1 Å². The van der Waals surface area contributed by atoms with Gasteiger partial charge in [-0.1, -0.05) is 59.7 Å². The maximum atomic E-state index is 7.20. The fourth-order valence-electron chi connectivity index (χ4n) is 5.47. The first-order valence-corrected chi connectivity index (χ1v) is 11.7. The molecule has 7 nitrogen and oxygen atoms in total. The Morgan fingerprint density at radius 2 is 1.59 bits per heavy atom. The second-order valence-electron chi connectivity index (χ2n) is 9.21. The van der Waals surface area contributed by atoms with Crippen LogP contribution in [0.4, 0.5) is 0 Å². The topological polar surface area (TPSA) is 92.4 Å². The molecule has 1 aliphatic rings. The van der Waals surface area contributed by atoms with Gasteiger partial charge in [-0.15, -0.1) is 10.2 Å². The van der Waals surface area contributed by atoms with Crippen LogP contribution in [0.5, 0.6) is 5.75 Å². The van der Waals surface area contributed by atoms with Crippen LogP contribution in [-0.2, 0) is 5.60 Å². The van der Waals surface area contributed by atoms with Gasteiger partial charge in [0.05, 0.1) is 11.0 Å². The smallest absolute Gasteiger partial charge is 0.168 e. The van der Waals surface area contributed by atoms with Crippen molar-refractivity contribution in [2.24, 2.45) is 5.92 Å². The predicted molar refractivity (Wildman–Crippen MR) is 134 cm³/mol. The van der Waals surface area contributed by atoms with Gasteiger partial charge in [-0.05, 0) is 69.0 Å². The van der Waals surface area contributed by atoms with Gasteiger partial charge in [0.2, 0.25) is 0 Å². The molecule has 0 amide bonds. The molecule has 0 saturated carbocycles. The van der Waals surface area contributed by atoms with Crippen LogP contribution in [0.15, 0.2) is 70.8 Å². The molecule has 4 aromatic rings. The van der Waals surface area contributed by atoms with Gasteiger partial charge in [0.1, 0.15) is 5.52 Å². The summed E-state index contributed by atoms with van der Waals surface area (Å²) in [4.78, 5) is 0. The van der Waals surface area contributed by atoms with E-state index in [0.717, 1.165) is 46.1 Å². The molecule has 0 aliphatic heterocycles. The minimum Gasteiger partial charge on any atom is -0.475 e. The lowest BCUT2D eigenvalue weighted by atomic mass is 9.63. The highest BCUT2D eigenvalue weighted by molar-refractivity contribution is 5.82. The number of nitrogens with zero attached hydrogens (tertiary/aromatic N) is 4. The lowest BCUT2D eigenvalue weighted by molar-refractivity contribution is 0.0674. The van der Waals surface area contributed by atoms with E-state index in [2.05, 4.69) is 78.1 Å². The van der Waals surface area contributed by atoms with Gasteiger partial charge in [-0.3, -0.25) is 10.2 Å². The van der Waals surface area contributed by atoms with Gasteiger partial charge < -0.3 is 4.74 Å². The third kappa shape index (κ3) is 3.10. The summed E-state index contributed by atoms with van der Waals surface area (Å²) in [6.45, 7) is 15.5. The molecule has 174 valence electrons. The van der Waals surface area contributed by atoms with Gasteiger partial charge in [0, 0.05) is 11.5 Å². The molecule has 5 rings (SSSR count). The normalized spacial score (nSPS) is 21.0. The number of nitrogens with one attached hydrogen (secondary N) is 2. The van der Waals surface area contributed by atoms with Crippen molar-refractivity contribution in [3.8, 4) is 5.75 Å². The minimum absolute atomic E-state index is 0.0828. The average Bonchev–Trinajstić information content (AvgIpc) is 3.51. The highest BCUT2D eigenvalue weighted by Crippen LogP contribution is 2.54. The highest BCUT2D eigenvalue weighted by atomic mass is 16.5. The average molecular weight is 455 g/mol. The molecule has 2 aromatic carbocycles. The molecule has 2 aromatic heterocycles. The molecule has 1 aliphatic carbocycles. The van der Waals surface area contributed by atoms with Crippen LogP contribution in [-0.4, -0.2) is 30.8 Å². The number of allylic oxidation sites excluding steroid dienone is 2. The molecule has 0 bridgehead atoms. The van der Waals surface area contributed by atoms with Crippen molar-refractivity contribution in [1.82, 2.24) is 30.8 Å². The summed E-state index contributed by atoms with van der Waals surface area (Å²) in [5, 5.41) is 22.9. The maximum absolute atomic E-state index is 7.20. The summed E-state index contributed by atoms with van der Waals surface area (Å²) in [5.74, 6) is 0.584. The van der Waals surface area contributed by atoms with Gasteiger partial charge in [0.25, 0.3) is 0 Å². The quantitative estimate of drug-likeness (QED) is 0.340. The van der Waals surface area contributed by atoms with E-state index < -0.39 is 5.60 Å². The molecular weight excluding hydrogens is 424 g/mol. The summed E-state index contributed by atoms with van der Waals surface area (Å²) in [7, 11) is 0. The Morgan fingerprint density at radius 1 is 0.941 bits per heavy atom. The Bertz CT molecular complexity index is 1470. The third-order valence-corrected chi connectivity index (χ3v) is 7.44. The van der Waals surface area contributed by atoms with E-state index in [-0.39, 0.29) is 5.92 Å². The molecule has 34 heavy (non-hydrogen) atoms. The van der Waals surface area contributed by atoms with Crippen molar-refractivity contribution in [1.29, 1.82) is 0 Å². The number of hydrogen-bond acceptors (Lipinski definition) is 5. The Kier molecular flexibility index (Phi) is 5.35. The zero-order valence-electron chi connectivity index (χ0n) is 20.4. The maximum Gasteiger partial charge on any atom is 0.168 e. The predicted octanol–water partition coefficient (Wildman–Crippen LogP) is 6.16. The summed E-state index contributed by atoms with van der Waals surface area (Å²) in [5.41, 5.74) is 9.31. The molecule has 0 radical (unpaired) electrons. The lowest BCUT2D eigenvalue weighted by Crippen LogP contribution is -2.46. The summed E-state index contributed by atoms with van der Waals surface area (Å²) in [6, 6.07) is 12.0. The molecule has 0 fully saturated rings. The van der Waals surface area contributed by atoms with Crippen LogP contribution >= 0.6 is 0 Å². The first-order chi connectivity index (χ1) is 16.4. The van der Waals surface area contributed by atoms with Crippen molar-refractivity contribution >= 4 is 22.1 Å². The SMILES string of the molecule is C=C(CCC)C1C(C)=C(C)C(C)=C(C)C1(Oc1cccc2[nH]nnc12)c1cccc2[nH]nnc12. The van der Waals surface area contributed by atoms with Crippen LogP contribution in [0.3, 0.4) is 0 Å². The molecule has 7 heteroatoms. The van der Waals surface area contributed by atoms with E-state index in [1.54, 1.807) is 0 Å². The van der Waals surface area contributed by atoms with Crippen LogP contribution in [0.1, 0.15) is 53.0 Å². The largest absolute Gasteiger partial charge is 0.475 e. The number of rotatable bonds is 6. The number of hydrogen-bond donors (Lipinski definition) is 2. The van der Waals surface area contributed by atoms with Gasteiger partial charge >= 0.3 is 0 Å². The third-order valence-electron chi connectivity index (χ3n) is 7.44. The van der Waals surface area contributed by atoms with Gasteiger partial charge in [-0.25, -0.2) is 0 Å². The molecule has 0 saturated heterocycles. The Morgan fingerprint density at radius 3 is 2.29 bits per heavy atom. The zero-order valence-corrected chi connectivity index (χ0v) is 20.4. The number of H-pyrrole nitrogens is 2. The summed E-state index contributed by atoms with van der Waals surface area (Å²) in [6.07, 6.45) is 1.90. The molecule has 2 atom stereocenters. The molecule has 0 spiro atoms. The fourth-order valence-corrected chi connectivity index (χ4v) is 5.47. The molecular formula is C27H30N6O. The number of aromatic nitrogens is 6. The van der Waals surface area contributed by atoms with Crippen molar-refractivity contribution in [3.63, 3.8) is 0 Å². The fraction of sp³-hybridized carbons (Fsp3) is 0.333. The second-order valence-corrected chi connectivity index (χ2v) is 9.21. The standard InChI is InChI=1S/C27H30N6O/c1-7-10-15(2)24-18(5)16(3)17(4)19(6)27(24,20-11-8-12-21-25(20)30-32-28-21)34-23-14-9-13-22-26(23)31-33-29-22/h8-9,11-14,24H,2,7,10H2,1,3-6H3,(H,28,30,32)(H,29,31,33). The van der Waals surface area contributed by atoms with E-state index in [0.29, 0.717) is 11.3 Å². The highest BCUT2D eigenvalue weighted by Gasteiger charge is 2.51. The van der Waals surface area contributed by atoms with Crippen LogP contribution in [0, 0.1) is 5.92 Å². The van der Waals surface area contributed by atoms with Gasteiger partial charge in [0.15, 0.2) is 16.9 Å². The monoisotopic (exact) mass is 454 g/mol. The lowest BCUT2D eigenvalue weighted by Gasteiger charge is -2.47. The Hall–Kier alpha value is -3.74. The second kappa shape index (κ2) is 8.24. The Labute approximate surface area is 199 Å².